The predicted molar refractivity (Wildman–Crippen MR) is 86.9 cm³/mol. The number of aromatic nitrogens is 2. The molecule has 0 bridgehead atoms. The number of hydrogen-bond donors (Lipinski definition) is 0. The van der Waals surface area contributed by atoms with Gasteiger partial charge in [0.1, 0.15) is 0 Å². The van der Waals surface area contributed by atoms with E-state index in [1.165, 1.54) is 5.56 Å². The zero-order chi connectivity index (χ0) is 18.6. The molecule has 0 spiro atoms. The van der Waals surface area contributed by atoms with E-state index in [1.807, 2.05) is 36.5 Å². The van der Waals surface area contributed by atoms with Gasteiger partial charge in [-0.15, -0.1) is 0 Å². The molecule has 0 atom stereocenters. The van der Waals surface area contributed by atoms with Gasteiger partial charge in [-0.25, -0.2) is 4.98 Å². The molecule has 0 aliphatic carbocycles. The first-order valence-electron chi connectivity index (χ1n) is 7.18. The molecule has 2 nitrogen and oxygen atoms in total. The molecule has 0 amide bonds. The third-order valence-electron chi connectivity index (χ3n) is 3.01. The first-order chi connectivity index (χ1) is 11.4. The van der Waals surface area contributed by atoms with E-state index < -0.39 is 19.5 Å². The Kier molecular flexibility index (Phi) is 5.06. The minimum atomic E-state index is -11.2. The van der Waals surface area contributed by atoms with Crippen LogP contribution in [0.5, 0.6) is 0 Å². The van der Waals surface area contributed by atoms with Crippen molar-refractivity contribution in [2.24, 2.45) is 0 Å². The van der Waals surface area contributed by atoms with Crippen molar-refractivity contribution in [3.05, 3.63) is 72.1 Å². The minimum absolute atomic E-state index is 0. The van der Waals surface area contributed by atoms with Gasteiger partial charge in [-0.3, -0.25) is 4.98 Å². The molecule has 1 heterocycles. The third-order valence-corrected chi connectivity index (χ3v) is 3.01. The molecule has 0 unspecified atom stereocenters. The number of fused-ring (bicyclic) bond motifs is 1. The van der Waals surface area contributed by atoms with Crippen molar-refractivity contribution in [2.45, 2.75) is 12.8 Å². The number of aryl methyl sites for hydroxylation is 2. The van der Waals surface area contributed by atoms with Gasteiger partial charge in [0, 0.05) is 6.20 Å². The molecule has 0 aliphatic heterocycles. The summed E-state index contributed by atoms with van der Waals surface area (Å²) in [4.78, 5) is 9.06. The number of para-hydroxylation sites is 2. The third kappa shape index (κ3) is 9.29. The summed E-state index contributed by atoms with van der Waals surface area (Å²) in [5.74, 6) is 0. The van der Waals surface area contributed by atoms with Crippen LogP contribution in [0.4, 0.5) is 16.9 Å². The van der Waals surface area contributed by atoms with Gasteiger partial charge in [0.25, 0.3) is 0 Å². The van der Waals surface area contributed by atoms with Crippen LogP contribution < -0.4 is 0 Å². The van der Waals surface area contributed by atoms with Crippen molar-refractivity contribution >= 4 is 30.5 Å². The van der Waals surface area contributed by atoms with Crippen LogP contribution in [0, 0.1) is 0 Å². The normalized spacial score (nSPS) is 14.2. The van der Waals surface area contributed by atoms with Gasteiger partial charge in [0.15, 0.2) is 0 Å². The summed E-state index contributed by atoms with van der Waals surface area (Å²) in [6.07, 6.45) is 3.82. The van der Waals surface area contributed by atoms with Gasteiger partial charge >= 0.3 is 37.8 Å². The number of halogens is 6. The summed E-state index contributed by atoms with van der Waals surface area (Å²) in [5.41, 5.74) is 4.33. The molecule has 3 rings (SSSR count). The maximum atomic E-state index is 9.93. The quantitative estimate of drug-likeness (QED) is 0.364. The van der Waals surface area contributed by atoms with Crippen LogP contribution in [0.3, 0.4) is 0 Å². The van der Waals surface area contributed by atoms with Crippen LogP contribution in [-0.4, -0.2) is 29.4 Å². The summed E-state index contributed by atoms with van der Waals surface area (Å²) in [5, 5.41) is 0. The van der Waals surface area contributed by atoms with E-state index in [4.69, 9.17) is 0 Å². The summed E-state index contributed by atoms with van der Waals surface area (Å²) in [6.45, 7) is 0. The van der Waals surface area contributed by atoms with E-state index >= 15 is 0 Å². The standard InChI is InChI=1S/C16H14N2.6FH.Sb/c1-2-6-13(7-3-1)10-11-14-12-17-15-8-4-5-9-16(15)18-14;;;;;;;/h1-9,12H,10-11H2;6*1H;/q;;;;;;;+5/p-5. The Morgan fingerprint density at radius 1 is 0.720 bits per heavy atom. The van der Waals surface area contributed by atoms with Crippen LogP contribution in [-0.2, 0) is 12.8 Å². The molecular formula is C16H15F6N2Sb. The molecule has 136 valence electrons. The Labute approximate surface area is 143 Å². The van der Waals surface area contributed by atoms with Crippen molar-refractivity contribution < 1.29 is 18.3 Å². The topological polar surface area (TPSA) is 25.8 Å². The first-order valence-corrected chi connectivity index (χ1v) is 13.0. The molecule has 0 aliphatic rings. The Bertz CT molecular complexity index is 845. The Balaban J connectivity index is 0.000000366. The maximum Gasteiger partial charge on any atom is 1.00 e. The van der Waals surface area contributed by atoms with E-state index in [0.717, 1.165) is 29.6 Å². The van der Waals surface area contributed by atoms with Crippen LogP contribution in [0.2, 0.25) is 0 Å². The van der Waals surface area contributed by atoms with E-state index in [2.05, 4.69) is 34.2 Å². The number of nitrogens with zero attached hydrogens (tertiary/aromatic N) is 2. The van der Waals surface area contributed by atoms with Gasteiger partial charge < -0.3 is 0 Å². The van der Waals surface area contributed by atoms with Crippen molar-refractivity contribution in [3.8, 4) is 0 Å². The average molecular weight is 471 g/mol. The van der Waals surface area contributed by atoms with Gasteiger partial charge in [-0.05, 0) is 30.5 Å². The Morgan fingerprint density at radius 3 is 1.84 bits per heavy atom. The fourth-order valence-corrected chi connectivity index (χ4v) is 2.03. The maximum absolute atomic E-state index is 11.2. The summed E-state index contributed by atoms with van der Waals surface area (Å²) in [6, 6.07) is 18.5. The largest absolute Gasteiger partial charge is 1.00 e. The van der Waals surface area contributed by atoms with E-state index in [1.54, 1.807) is 0 Å². The number of benzene rings is 2. The molecular weight excluding hydrogens is 456 g/mol. The number of hydrogen-bond acceptors (Lipinski definition) is 2. The molecule has 0 N–H and O–H groups in total. The average Bonchev–Trinajstić information content (AvgIpc) is 2.51. The Hall–Kier alpha value is -1.82. The molecule has 0 saturated carbocycles. The van der Waals surface area contributed by atoms with Crippen molar-refractivity contribution in [3.63, 3.8) is 0 Å². The SMILES string of the molecule is [F][Sb-]([F])([F])([F])([F])[F].[H+].c1ccc(CCc2cnc3ccccc3n2)cc1. The van der Waals surface area contributed by atoms with E-state index in [0.29, 0.717) is 0 Å². The molecule has 9 heteroatoms. The zero-order valence-corrected chi connectivity index (χ0v) is 15.3. The van der Waals surface area contributed by atoms with Gasteiger partial charge in [-0.2, -0.15) is 0 Å². The second-order valence-electron chi connectivity index (χ2n) is 5.29. The first kappa shape index (κ1) is 19.5. The second kappa shape index (κ2) is 6.48. The van der Waals surface area contributed by atoms with Crippen LogP contribution in [0.1, 0.15) is 12.7 Å². The summed E-state index contributed by atoms with van der Waals surface area (Å²) < 4.78 is 59.6. The second-order valence-corrected chi connectivity index (χ2v) is 10.8. The molecule has 25 heavy (non-hydrogen) atoms. The smallest absolute Gasteiger partial charge is 0.253 e. The van der Waals surface area contributed by atoms with Crippen molar-refractivity contribution in [2.75, 3.05) is 0 Å². The predicted octanol–water partition coefficient (Wildman–Crippen LogP) is 5.67. The van der Waals surface area contributed by atoms with E-state index in [9.17, 15) is 16.9 Å². The minimum Gasteiger partial charge on any atom is -0.253 e. The van der Waals surface area contributed by atoms with Gasteiger partial charge in [0.2, 0.25) is 0 Å². The fourth-order valence-electron chi connectivity index (χ4n) is 2.03. The summed E-state index contributed by atoms with van der Waals surface area (Å²) in [7, 11) is 0. The molecule has 0 fully saturated rings. The molecule has 0 radical (unpaired) electrons. The zero-order valence-electron chi connectivity index (χ0n) is 13.8. The van der Waals surface area contributed by atoms with Crippen LogP contribution >= 0.6 is 0 Å². The van der Waals surface area contributed by atoms with Crippen molar-refractivity contribution in [1.82, 2.24) is 9.97 Å². The van der Waals surface area contributed by atoms with Crippen LogP contribution in [0.25, 0.3) is 11.0 Å². The summed E-state index contributed by atoms with van der Waals surface area (Å²) >= 11 is -11.2. The molecule has 0 saturated heterocycles. The molecule has 2 aromatic carbocycles. The van der Waals surface area contributed by atoms with Gasteiger partial charge in [0.05, 0.1) is 16.7 Å². The van der Waals surface area contributed by atoms with Gasteiger partial charge in [-0.1, -0.05) is 42.5 Å². The molecule has 1 aromatic heterocycles. The van der Waals surface area contributed by atoms with E-state index in [-0.39, 0.29) is 1.43 Å². The van der Waals surface area contributed by atoms with Crippen molar-refractivity contribution in [1.29, 1.82) is 0 Å². The fraction of sp³-hybridized carbons (Fsp3) is 0.125. The Morgan fingerprint density at radius 2 is 1.24 bits per heavy atom. The number of rotatable bonds is 3. The van der Waals surface area contributed by atoms with Crippen LogP contribution in [0.15, 0.2) is 60.8 Å². The molecule has 3 aromatic rings. The monoisotopic (exact) mass is 470 g/mol.